The van der Waals surface area contributed by atoms with Gasteiger partial charge in [-0.15, -0.1) is 0 Å². The molecule has 2 aromatic rings. The van der Waals surface area contributed by atoms with Gasteiger partial charge in [0, 0.05) is 35.5 Å². The number of benzene rings is 2. The number of hydrogen-bond donors (Lipinski definition) is 3. The molecule has 134 valence electrons. The summed E-state index contributed by atoms with van der Waals surface area (Å²) in [6.07, 6.45) is 1.96. The number of nitrogens with one attached hydrogen (secondary N) is 2. The number of halogens is 1. The second-order valence-electron chi connectivity index (χ2n) is 5.56. The lowest BCUT2D eigenvalue weighted by atomic mass is 10.1. The van der Waals surface area contributed by atoms with E-state index in [0.717, 1.165) is 12.0 Å². The van der Waals surface area contributed by atoms with E-state index in [-0.39, 0.29) is 12.6 Å². The number of ether oxygens (including phenoxy) is 2. The number of hydrogen-bond acceptors (Lipinski definition) is 5. The zero-order valence-electron chi connectivity index (χ0n) is 14.2. The Balaban J connectivity index is 1.79. The number of rotatable bonds is 10. The molecule has 25 heavy (non-hydrogen) atoms. The average Bonchev–Trinajstić information content (AvgIpc) is 2.65. The van der Waals surface area contributed by atoms with Crippen LogP contribution in [0.3, 0.4) is 0 Å². The van der Waals surface area contributed by atoms with Crippen LogP contribution >= 0.6 is 11.6 Å². The predicted octanol–water partition coefficient (Wildman–Crippen LogP) is 2.92. The van der Waals surface area contributed by atoms with E-state index in [1.54, 1.807) is 25.3 Å². The minimum atomic E-state index is -0.0420. The maximum atomic E-state index is 9.52. The highest BCUT2D eigenvalue weighted by Gasteiger charge is 2.08. The van der Waals surface area contributed by atoms with E-state index in [2.05, 4.69) is 5.32 Å². The molecule has 2 rings (SSSR count). The molecule has 0 fully saturated rings. The molecule has 5 nitrogen and oxygen atoms in total. The first-order valence-corrected chi connectivity index (χ1v) is 8.44. The molecule has 0 saturated carbocycles. The van der Waals surface area contributed by atoms with E-state index in [4.69, 9.17) is 26.5 Å². The zero-order chi connectivity index (χ0) is 18.1. The van der Waals surface area contributed by atoms with E-state index < -0.39 is 0 Å². The Morgan fingerprint density at radius 3 is 2.64 bits per heavy atom. The first kappa shape index (κ1) is 19.2. The molecule has 0 aromatic heterocycles. The van der Waals surface area contributed by atoms with Crippen molar-refractivity contribution in [3.63, 3.8) is 0 Å². The molecule has 1 unspecified atom stereocenters. The van der Waals surface area contributed by atoms with Gasteiger partial charge in [0.15, 0.2) is 0 Å². The summed E-state index contributed by atoms with van der Waals surface area (Å²) in [5, 5.41) is 20.8. The standard InChI is InChI=1S/C19H23ClN2O3/c1-24-19-11-18(7-4-15(19)12-21)25-9-8-22-17(13-23)10-14-2-5-16(20)6-3-14/h2-7,11-12,17,21-23H,8-10,13H2,1H3. The van der Waals surface area contributed by atoms with Crippen LogP contribution in [0, 0.1) is 5.41 Å². The molecule has 2 aromatic carbocycles. The van der Waals surface area contributed by atoms with Crippen molar-refractivity contribution in [3.8, 4) is 11.5 Å². The third-order valence-corrected chi connectivity index (χ3v) is 4.03. The molecule has 6 heteroatoms. The Morgan fingerprint density at radius 2 is 2.00 bits per heavy atom. The third kappa shape index (κ3) is 6.05. The van der Waals surface area contributed by atoms with Crippen molar-refractivity contribution in [2.45, 2.75) is 12.5 Å². The molecule has 0 heterocycles. The molecular weight excluding hydrogens is 340 g/mol. The lowest BCUT2D eigenvalue weighted by molar-refractivity contribution is 0.230. The molecule has 3 N–H and O–H groups in total. The second kappa shape index (κ2) is 10.0. The van der Waals surface area contributed by atoms with Crippen LogP contribution in [0.5, 0.6) is 11.5 Å². The molecule has 1 atom stereocenters. The van der Waals surface area contributed by atoms with Gasteiger partial charge in [-0.05, 0) is 36.2 Å². The highest BCUT2D eigenvalue weighted by atomic mass is 35.5. The van der Waals surface area contributed by atoms with Crippen molar-refractivity contribution in [2.24, 2.45) is 0 Å². The van der Waals surface area contributed by atoms with Crippen LogP contribution in [-0.2, 0) is 6.42 Å². The molecule has 0 bridgehead atoms. The minimum absolute atomic E-state index is 0.0420. The molecule has 0 amide bonds. The number of methoxy groups -OCH3 is 1. The average molecular weight is 363 g/mol. The van der Waals surface area contributed by atoms with Crippen molar-refractivity contribution in [1.29, 1.82) is 5.41 Å². The second-order valence-corrected chi connectivity index (χ2v) is 6.00. The molecule has 0 saturated heterocycles. The molecule has 0 aliphatic rings. The normalized spacial score (nSPS) is 11.8. The van der Waals surface area contributed by atoms with Crippen molar-refractivity contribution in [3.05, 3.63) is 58.6 Å². The molecular formula is C19H23ClN2O3. The summed E-state index contributed by atoms with van der Waals surface area (Å²) in [7, 11) is 1.57. The summed E-state index contributed by atoms with van der Waals surface area (Å²) in [6.45, 7) is 1.11. The maximum Gasteiger partial charge on any atom is 0.131 e. The fourth-order valence-electron chi connectivity index (χ4n) is 2.44. The highest BCUT2D eigenvalue weighted by Crippen LogP contribution is 2.23. The van der Waals surface area contributed by atoms with Crippen molar-refractivity contribution >= 4 is 17.8 Å². The van der Waals surface area contributed by atoms with Gasteiger partial charge >= 0.3 is 0 Å². The topological polar surface area (TPSA) is 74.6 Å². The summed E-state index contributed by atoms with van der Waals surface area (Å²) < 4.78 is 10.9. The van der Waals surface area contributed by atoms with Crippen molar-refractivity contribution in [1.82, 2.24) is 5.32 Å². The van der Waals surface area contributed by atoms with Gasteiger partial charge in [-0.2, -0.15) is 0 Å². The van der Waals surface area contributed by atoms with Gasteiger partial charge < -0.3 is 25.3 Å². The predicted molar refractivity (Wildman–Crippen MR) is 100 cm³/mol. The van der Waals surface area contributed by atoms with Crippen molar-refractivity contribution < 1.29 is 14.6 Å². The van der Waals surface area contributed by atoms with Crippen LogP contribution in [-0.4, -0.2) is 44.2 Å². The van der Waals surface area contributed by atoms with Crippen LogP contribution in [0.25, 0.3) is 0 Å². The lowest BCUT2D eigenvalue weighted by Crippen LogP contribution is -2.37. The Bertz CT molecular complexity index is 677. The van der Waals surface area contributed by atoms with Crippen LogP contribution in [0.1, 0.15) is 11.1 Å². The smallest absolute Gasteiger partial charge is 0.131 e. The zero-order valence-corrected chi connectivity index (χ0v) is 14.9. The fourth-order valence-corrected chi connectivity index (χ4v) is 2.56. The van der Waals surface area contributed by atoms with Gasteiger partial charge in [0.25, 0.3) is 0 Å². The summed E-state index contributed by atoms with van der Waals surface area (Å²) in [5.41, 5.74) is 1.82. The largest absolute Gasteiger partial charge is 0.496 e. The highest BCUT2D eigenvalue weighted by molar-refractivity contribution is 6.30. The summed E-state index contributed by atoms with van der Waals surface area (Å²) in [4.78, 5) is 0. The lowest BCUT2D eigenvalue weighted by Gasteiger charge is -2.17. The van der Waals surface area contributed by atoms with Gasteiger partial charge in [0.2, 0.25) is 0 Å². The van der Waals surface area contributed by atoms with E-state index >= 15 is 0 Å². The maximum absolute atomic E-state index is 9.52. The van der Waals surface area contributed by atoms with E-state index in [0.29, 0.717) is 35.2 Å². The molecule has 0 aliphatic heterocycles. The summed E-state index contributed by atoms with van der Waals surface area (Å²) >= 11 is 5.88. The van der Waals surface area contributed by atoms with Crippen molar-refractivity contribution in [2.75, 3.05) is 26.9 Å². The van der Waals surface area contributed by atoms with Crippen LogP contribution in [0.15, 0.2) is 42.5 Å². The van der Waals surface area contributed by atoms with Crippen LogP contribution < -0.4 is 14.8 Å². The first-order valence-electron chi connectivity index (χ1n) is 8.06. The Morgan fingerprint density at radius 1 is 1.24 bits per heavy atom. The summed E-state index contributed by atoms with van der Waals surface area (Å²) in [5.74, 6) is 1.29. The van der Waals surface area contributed by atoms with Gasteiger partial charge in [-0.25, -0.2) is 0 Å². The Hall–Kier alpha value is -2.08. The van der Waals surface area contributed by atoms with Crippen LogP contribution in [0.2, 0.25) is 5.02 Å². The molecule has 0 radical (unpaired) electrons. The Labute approximate surface area is 153 Å². The van der Waals surface area contributed by atoms with E-state index in [1.165, 1.54) is 6.21 Å². The fraction of sp³-hybridized carbons (Fsp3) is 0.316. The monoisotopic (exact) mass is 362 g/mol. The third-order valence-electron chi connectivity index (χ3n) is 3.78. The molecule has 0 aliphatic carbocycles. The van der Waals surface area contributed by atoms with Gasteiger partial charge in [-0.3, -0.25) is 0 Å². The van der Waals surface area contributed by atoms with Gasteiger partial charge in [0.05, 0.1) is 13.7 Å². The number of aliphatic hydroxyl groups is 1. The van der Waals surface area contributed by atoms with E-state index in [9.17, 15) is 5.11 Å². The SMILES string of the molecule is COc1cc(OCCNC(CO)Cc2ccc(Cl)cc2)ccc1C=N. The van der Waals surface area contributed by atoms with Crippen LogP contribution in [0.4, 0.5) is 0 Å². The Kier molecular flexibility index (Phi) is 7.73. The van der Waals surface area contributed by atoms with E-state index in [1.807, 2.05) is 24.3 Å². The van der Waals surface area contributed by atoms with Gasteiger partial charge in [-0.1, -0.05) is 23.7 Å². The minimum Gasteiger partial charge on any atom is -0.496 e. The summed E-state index contributed by atoms with van der Waals surface area (Å²) in [6, 6.07) is 12.9. The van der Waals surface area contributed by atoms with Gasteiger partial charge in [0.1, 0.15) is 18.1 Å². The molecule has 0 spiro atoms. The quantitative estimate of drug-likeness (QED) is 0.449. The first-order chi connectivity index (χ1) is 12.2. The number of aliphatic hydroxyl groups excluding tert-OH is 1.